The molecular formula is C23H22N4O6S2. The largest absolute Gasteiger partial charge is 0.497 e. The van der Waals surface area contributed by atoms with Gasteiger partial charge in [-0.2, -0.15) is 0 Å². The maximum absolute atomic E-state index is 13.3. The number of nitrogens with one attached hydrogen (secondary N) is 1. The van der Waals surface area contributed by atoms with Crippen LogP contribution in [0.2, 0.25) is 0 Å². The fourth-order valence-electron chi connectivity index (χ4n) is 3.61. The van der Waals surface area contributed by atoms with E-state index in [2.05, 4.69) is 5.32 Å². The second kappa shape index (κ2) is 9.86. The molecule has 3 N–H and O–H groups in total. The van der Waals surface area contributed by atoms with Gasteiger partial charge < -0.3 is 10.1 Å². The molecule has 35 heavy (non-hydrogen) atoms. The number of methoxy groups -OCH3 is 1. The fourth-order valence-corrected chi connectivity index (χ4v) is 4.95. The van der Waals surface area contributed by atoms with Gasteiger partial charge in [-0.1, -0.05) is 18.2 Å². The first-order chi connectivity index (χ1) is 16.7. The SMILES string of the molecule is COc1cccc(-n2c(=O)c3sccc3n(CC(=O)NCCc3ccc(S(N)(=O)=O)cc3)c2=O)c1. The van der Waals surface area contributed by atoms with Gasteiger partial charge in [-0.3, -0.25) is 14.2 Å². The van der Waals surface area contributed by atoms with Crippen LogP contribution in [-0.2, 0) is 27.8 Å². The van der Waals surface area contributed by atoms with Crippen LogP contribution < -0.4 is 26.4 Å². The molecule has 10 nitrogen and oxygen atoms in total. The first kappa shape index (κ1) is 24.4. The number of benzene rings is 2. The third-order valence-corrected chi connectivity index (χ3v) is 7.18. The summed E-state index contributed by atoms with van der Waals surface area (Å²) in [6.45, 7) is -0.00865. The number of nitrogens with zero attached hydrogens (tertiary/aromatic N) is 2. The number of rotatable bonds is 8. The van der Waals surface area contributed by atoms with E-state index in [1.165, 1.54) is 35.1 Å². The lowest BCUT2D eigenvalue weighted by Gasteiger charge is -2.13. The maximum atomic E-state index is 13.3. The van der Waals surface area contributed by atoms with Crippen LogP contribution in [0.4, 0.5) is 0 Å². The van der Waals surface area contributed by atoms with E-state index in [9.17, 15) is 22.8 Å². The average Bonchev–Trinajstić information content (AvgIpc) is 3.32. The molecule has 0 spiro atoms. The number of aromatic nitrogens is 2. The minimum absolute atomic E-state index is 0.00982. The van der Waals surface area contributed by atoms with Crippen LogP contribution >= 0.6 is 11.3 Å². The van der Waals surface area contributed by atoms with Gasteiger partial charge in [0.25, 0.3) is 5.56 Å². The Morgan fingerprint density at radius 3 is 2.54 bits per heavy atom. The fraction of sp³-hybridized carbons (Fsp3) is 0.174. The van der Waals surface area contributed by atoms with Crippen LogP contribution in [0.5, 0.6) is 5.75 Å². The number of carbonyl (C=O) groups is 1. The number of hydrogen-bond acceptors (Lipinski definition) is 7. The summed E-state index contributed by atoms with van der Waals surface area (Å²) in [4.78, 5) is 39.0. The summed E-state index contributed by atoms with van der Waals surface area (Å²) in [6, 6.07) is 14.3. The molecule has 0 bridgehead atoms. The van der Waals surface area contributed by atoms with Gasteiger partial charge in [0.2, 0.25) is 15.9 Å². The standard InChI is InChI=1S/C23H22N4O6S2/c1-33-17-4-2-3-16(13-17)27-22(29)21-19(10-12-34-21)26(23(27)30)14-20(28)25-11-9-15-5-7-18(8-6-15)35(24,31)32/h2-8,10,12-13H,9,11,14H2,1H3,(H,25,28)(H2,24,31,32). The number of amides is 1. The van der Waals surface area contributed by atoms with Gasteiger partial charge in [-0.15, -0.1) is 11.3 Å². The Kier molecular flexibility index (Phi) is 6.87. The highest BCUT2D eigenvalue weighted by molar-refractivity contribution is 7.89. The quantitative estimate of drug-likeness (QED) is 0.362. The molecule has 0 fully saturated rings. The van der Waals surface area contributed by atoms with Crippen molar-refractivity contribution in [1.82, 2.24) is 14.5 Å². The van der Waals surface area contributed by atoms with Gasteiger partial charge in [0, 0.05) is 12.6 Å². The molecule has 4 rings (SSSR count). The van der Waals surface area contributed by atoms with Crippen molar-refractivity contribution >= 4 is 37.5 Å². The number of nitrogens with two attached hydrogens (primary N) is 1. The maximum Gasteiger partial charge on any atom is 0.336 e. The van der Waals surface area contributed by atoms with E-state index < -0.39 is 27.2 Å². The smallest absolute Gasteiger partial charge is 0.336 e. The zero-order valence-corrected chi connectivity index (χ0v) is 20.3. The van der Waals surface area contributed by atoms with Gasteiger partial charge >= 0.3 is 5.69 Å². The number of thiophene rings is 1. The molecule has 0 atom stereocenters. The third-order valence-electron chi connectivity index (χ3n) is 5.36. The Morgan fingerprint density at radius 2 is 1.86 bits per heavy atom. The number of primary sulfonamides is 1. The zero-order chi connectivity index (χ0) is 25.2. The van der Waals surface area contributed by atoms with Gasteiger partial charge in [0.1, 0.15) is 17.0 Å². The molecule has 2 aromatic carbocycles. The zero-order valence-electron chi connectivity index (χ0n) is 18.6. The number of sulfonamides is 1. The summed E-state index contributed by atoms with van der Waals surface area (Å²) in [5.41, 5.74) is 0.432. The lowest BCUT2D eigenvalue weighted by molar-refractivity contribution is -0.121. The van der Waals surface area contributed by atoms with E-state index in [-0.39, 0.29) is 18.0 Å². The Labute approximate surface area is 204 Å². The van der Waals surface area contributed by atoms with E-state index in [1.54, 1.807) is 47.8 Å². The van der Waals surface area contributed by atoms with Crippen molar-refractivity contribution in [3.63, 3.8) is 0 Å². The molecule has 4 aromatic rings. The Balaban J connectivity index is 1.55. The van der Waals surface area contributed by atoms with Crippen LogP contribution in [0, 0.1) is 0 Å². The van der Waals surface area contributed by atoms with Crippen molar-refractivity contribution < 1.29 is 17.9 Å². The number of hydrogen-bond donors (Lipinski definition) is 2. The molecule has 0 saturated carbocycles. The van der Waals surface area contributed by atoms with Crippen LogP contribution in [0.1, 0.15) is 5.56 Å². The molecule has 0 radical (unpaired) electrons. The average molecular weight is 515 g/mol. The van der Waals surface area contributed by atoms with Crippen molar-refractivity contribution in [3.8, 4) is 11.4 Å². The molecule has 2 heterocycles. The highest BCUT2D eigenvalue weighted by atomic mass is 32.2. The summed E-state index contributed by atoms with van der Waals surface area (Å²) in [5.74, 6) is 0.0815. The second-order valence-corrected chi connectivity index (χ2v) is 10.1. The minimum atomic E-state index is -3.77. The highest BCUT2D eigenvalue weighted by Gasteiger charge is 2.18. The van der Waals surface area contributed by atoms with Crippen LogP contribution in [-0.4, -0.2) is 37.1 Å². The predicted molar refractivity (Wildman–Crippen MR) is 133 cm³/mol. The first-order valence-corrected chi connectivity index (χ1v) is 12.9. The molecule has 0 aliphatic heterocycles. The molecule has 0 aliphatic carbocycles. The molecule has 182 valence electrons. The summed E-state index contributed by atoms with van der Waals surface area (Å²) >= 11 is 1.19. The Hall–Kier alpha value is -3.74. The predicted octanol–water partition coefficient (Wildman–Crippen LogP) is 1.23. The molecular weight excluding hydrogens is 492 g/mol. The molecule has 12 heteroatoms. The summed E-state index contributed by atoms with van der Waals surface area (Å²) in [7, 11) is -2.28. The van der Waals surface area contributed by atoms with Gasteiger partial charge in [-0.05, 0) is 47.7 Å². The van der Waals surface area contributed by atoms with E-state index >= 15 is 0 Å². The lowest BCUT2D eigenvalue weighted by Crippen LogP contribution is -2.41. The van der Waals surface area contributed by atoms with Crippen LogP contribution in [0.25, 0.3) is 15.9 Å². The molecule has 0 saturated heterocycles. The third kappa shape index (κ3) is 5.19. The Bertz CT molecular complexity index is 1620. The Morgan fingerprint density at radius 1 is 1.11 bits per heavy atom. The monoisotopic (exact) mass is 514 g/mol. The van der Waals surface area contributed by atoms with Gasteiger partial charge in [0.15, 0.2) is 0 Å². The lowest BCUT2D eigenvalue weighted by atomic mass is 10.1. The van der Waals surface area contributed by atoms with Crippen molar-refractivity contribution in [2.75, 3.05) is 13.7 Å². The molecule has 0 aliphatic rings. The number of carbonyl (C=O) groups excluding carboxylic acids is 1. The van der Waals surface area contributed by atoms with Crippen molar-refractivity contribution in [2.24, 2.45) is 5.14 Å². The highest BCUT2D eigenvalue weighted by Crippen LogP contribution is 2.18. The first-order valence-electron chi connectivity index (χ1n) is 10.4. The van der Waals surface area contributed by atoms with E-state index in [0.29, 0.717) is 28.1 Å². The van der Waals surface area contributed by atoms with E-state index in [0.717, 1.165) is 10.1 Å². The summed E-state index contributed by atoms with van der Waals surface area (Å²) in [5, 5.41) is 9.55. The second-order valence-electron chi connectivity index (χ2n) is 7.63. The molecule has 1 amide bonds. The van der Waals surface area contributed by atoms with Crippen LogP contribution in [0.3, 0.4) is 0 Å². The number of ether oxygens (including phenoxy) is 1. The summed E-state index contributed by atoms with van der Waals surface area (Å²) < 4.78 is 30.6. The summed E-state index contributed by atoms with van der Waals surface area (Å²) in [6.07, 6.45) is 0.447. The normalized spacial score (nSPS) is 11.5. The van der Waals surface area contributed by atoms with Gasteiger partial charge in [0.05, 0.1) is 23.2 Å². The number of fused-ring (bicyclic) bond motifs is 1. The van der Waals surface area contributed by atoms with Gasteiger partial charge in [-0.25, -0.2) is 22.9 Å². The van der Waals surface area contributed by atoms with Crippen LogP contribution in [0.15, 0.2) is 74.5 Å². The van der Waals surface area contributed by atoms with E-state index in [1.807, 2.05) is 0 Å². The molecule has 2 aromatic heterocycles. The molecule has 0 unspecified atom stereocenters. The minimum Gasteiger partial charge on any atom is -0.497 e. The van der Waals surface area contributed by atoms with Crippen molar-refractivity contribution in [3.05, 3.63) is 86.4 Å². The topological polar surface area (TPSA) is 142 Å². The van der Waals surface area contributed by atoms with Crippen molar-refractivity contribution in [1.29, 1.82) is 0 Å². The van der Waals surface area contributed by atoms with Crippen molar-refractivity contribution in [2.45, 2.75) is 17.9 Å². The van der Waals surface area contributed by atoms with E-state index in [4.69, 9.17) is 9.88 Å².